The number of rotatable bonds is 20. The van der Waals surface area contributed by atoms with E-state index in [1.807, 2.05) is 6.08 Å². The van der Waals surface area contributed by atoms with Crippen molar-refractivity contribution in [1.82, 2.24) is 4.90 Å². The minimum absolute atomic E-state index is 0. The van der Waals surface area contributed by atoms with Gasteiger partial charge in [-0.3, -0.25) is 0 Å². The Balaban J connectivity index is 0.00000900. The molecule has 2 heteroatoms. The lowest BCUT2D eigenvalue weighted by molar-refractivity contribution is 0.276. The van der Waals surface area contributed by atoms with Gasteiger partial charge in [-0.2, -0.15) is 0 Å². The van der Waals surface area contributed by atoms with Crippen molar-refractivity contribution < 1.29 is 0 Å². The van der Waals surface area contributed by atoms with Crippen molar-refractivity contribution in [3.63, 3.8) is 0 Å². The van der Waals surface area contributed by atoms with Crippen molar-refractivity contribution in [2.24, 2.45) is 0 Å². The maximum absolute atomic E-state index is 3.85. The van der Waals surface area contributed by atoms with Crippen LogP contribution in [-0.4, -0.2) is 19.0 Å². The molecule has 0 heterocycles. The average Bonchev–Trinajstić information content (AvgIpc) is 2.76. The van der Waals surface area contributed by atoms with Crippen molar-refractivity contribution in [2.45, 2.75) is 122 Å². The lowest BCUT2D eigenvalue weighted by atomic mass is 9.97. The lowest BCUT2D eigenvalue weighted by Gasteiger charge is -2.25. The van der Waals surface area contributed by atoms with E-state index in [0.717, 1.165) is 0 Å². The molecule has 0 aliphatic rings. The van der Waals surface area contributed by atoms with Crippen LogP contribution < -0.4 is 0 Å². The summed E-state index contributed by atoms with van der Waals surface area (Å²) in [5.41, 5.74) is 2.64. The first-order chi connectivity index (χ1) is 14.7. The summed E-state index contributed by atoms with van der Waals surface area (Å²) in [6.07, 6.45) is 26.1. The van der Waals surface area contributed by atoms with E-state index in [9.17, 15) is 0 Å². The van der Waals surface area contributed by atoms with Crippen LogP contribution in [0, 0.1) is 0 Å². The SMILES string of the molecule is C=Cc1ccc(C(CCCCCCCCCCCCCCCCCC)N(C)C)cc1.Cl. The van der Waals surface area contributed by atoms with Crippen LogP contribution in [0.5, 0.6) is 0 Å². The van der Waals surface area contributed by atoms with Crippen molar-refractivity contribution in [2.75, 3.05) is 14.1 Å². The van der Waals surface area contributed by atoms with Gasteiger partial charge in [0.05, 0.1) is 0 Å². The minimum Gasteiger partial charge on any atom is -0.302 e. The Kier molecular flexibility index (Phi) is 20.5. The van der Waals surface area contributed by atoms with Gasteiger partial charge in [-0.25, -0.2) is 0 Å². The molecule has 0 saturated heterocycles. The van der Waals surface area contributed by atoms with E-state index >= 15 is 0 Å². The molecule has 1 unspecified atom stereocenters. The molecule has 0 saturated carbocycles. The van der Waals surface area contributed by atoms with Gasteiger partial charge in [-0.1, -0.05) is 147 Å². The van der Waals surface area contributed by atoms with Gasteiger partial charge in [0.15, 0.2) is 0 Å². The third-order valence-electron chi connectivity index (χ3n) is 6.51. The molecule has 1 rings (SSSR count). The number of nitrogens with zero attached hydrogens (tertiary/aromatic N) is 1. The summed E-state index contributed by atoms with van der Waals surface area (Å²) < 4.78 is 0. The second kappa shape index (κ2) is 21.1. The molecule has 0 amide bonds. The molecular formula is C29H52ClN. The van der Waals surface area contributed by atoms with Gasteiger partial charge in [0.2, 0.25) is 0 Å². The molecule has 1 nitrogen and oxygen atoms in total. The molecule has 31 heavy (non-hydrogen) atoms. The summed E-state index contributed by atoms with van der Waals surface area (Å²) >= 11 is 0. The average molecular weight is 450 g/mol. The Morgan fingerprint density at radius 3 is 1.42 bits per heavy atom. The molecule has 1 atom stereocenters. The van der Waals surface area contributed by atoms with Crippen LogP contribution in [0.25, 0.3) is 6.08 Å². The number of benzene rings is 1. The van der Waals surface area contributed by atoms with E-state index < -0.39 is 0 Å². The van der Waals surface area contributed by atoms with Gasteiger partial charge in [-0.05, 0) is 31.6 Å². The standard InChI is InChI=1S/C29H51N.ClH/c1-5-7-8-9-10-11-12-13-14-15-16-17-18-19-20-21-22-29(30(3)4)28-25-23-27(6-2)24-26-28;/h6,23-26,29H,2,5,7-22H2,1,3-4H3;1H. The summed E-state index contributed by atoms with van der Waals surface area (Å²) in [6.45, 7) is 6.15. The maximum Gasteiger partial charge on any atom is 0.0342 e. The van der Waals surface area contributed by atoms with Crippen LogP contribution in [0.1, 0.15) is 133 Å². The van der Waals surface area contributed by atoms with Gasteiger partial charge in [0.25, 0.3) is 0 Å². The molecule has 1 aromatic rings. The van der Waals surface area contributed by atoms with Crippen molar-refractivity contribution >= 4 is 18.5 Å². The highest BCUT2D eigenvalue weighted by atomic mass is 35.5. The van der Waals surface area contributed by atoms with Crippen LogP contribution in [0.4, 0.5) is 0 Å². The number of hydrogen-bond acceptors (Lipinski definition) is 1. The van der Waals surface area contributed by atoms with Crippen molar-refractivity contribution in [3.8, 4) is 0 Å². The molecule has 0 fully saturated rings. The highest BCUT2D eigenvalue weighted by molar-refractivity contribution is 5.85. The number of hydrogen-bond donors (Lipinski definition) is 0. The largest absolute Gasteiger partial charge is 0.302 e. The highest BCUT2D eigenvalue weighted by Gasteiger charge is 2.13. The van der Waals surface area contributed by atoms with E-state index in [0.29, 0.717) is 6.04 Å². The van der Waals surface area contributed by atoms with Crippen LogP contribution in [-0.2, 0) is 0 Å². The van der Waals surface area contributed by atoms with Crippen LogP contribution in [0.15, 0.2) is 30.8 Å². The van der Waals surface area contributed by atoms with Gasteiger partial charge >= 0.3 is 0 Å². The first-order valence-corrected chi connectivity index (χ1v) is 13.1. The van der Waals surface area contributed by atoms with Crippen molar-refractivity contribution in [3.05, 3.63) is 42.0 Å². The third-order valence-corrected chi connectivity index (χ3v) is 6.51. The smallest absolute Gasteiger partial charge is 0.0342 e. The second-order valence-corrected chi connectivity index (χ2v) is 9.44. The van der Waals surface area contributed by atoms with Gasteiger partial charge in [-0.15, -0.1) is 12.4 Å². The van der Waals surface area contributed by atoms with E-state index in [1.165, 1.54) is 120 Å². The summed E-state index contributed by atoms with van der Waals surface area (Å²) in [5.74, 6) is 0. The van der Waals surface area contributed by atoms with E-state index in [-0.39, 0.29) is 12.4 Å². The predicted molar refractivity (Wildman–Crippen MR) is 144 cm³/mol. The van der Waals surface area contributed by atoms with Crippen molar-refractivity contribution in [1.29, 1.82) is 0 Å². The maximum atomic E-state index is 3.85. The van der Waals surface area contributed by atoms with Gasteiger partial charge < -0.3 is 4.90 Å². The summed E-state index contributed by atoms with van der Waals surface area (Å²) in [5, 5.41) is 0. The Labute approximate surface area is 201 Å². The normalized spacial score (nSPS) is 12.0. The van der Waals surface area contributed by atoms with Gasteiger partial charge in [0, 0.05) is 6.04 Å². The summed E-state index contributed by atoms with van der Waals surface area (Å²) in [6, 6.07) is 9.46. The fraction of sp³-hybridized carbons (Fsp3) is 0.724. The van der Waals surface area contributed by atoms with Crippen LogP contribution >= 0.6 is 12.4 Å². The zero-order valence-corrected chi connectivity index (χ0v) is 21.9. The van der Waals surface area contributed by atoms with Crippen LogP contribution in [0.2, 0.25) is 0 Å². The highest BCUT2D eigenvalue weighted by Crippen LogP contribution is 2.25. The molecule has 0 bridgehead atoms. The molecule has 1 aromatic carbocycles. The zero-order chi connectivity index (χ0) is 21.9. The van der Waals surface area contributed by atoms with E-state index in [4.69, 9.17) is 0 Å². The molecule has 0 spiro atoms. The molecule has 0 aromatic heterocycles. The Bertz CT molecular complexity index is 508. The third kappa shape index (κ3) is 15.6. The summed E-state index contributed by atoms with van der Waals surface area (Å²) in [4.78, 5) is 2.37. The predicted octanol–water partition coefficient (Wildman–Crippen LogP) is 10.0. The lowest BCUT2D eigenvalue weighted by Crippen LogP contribution is -2.19. The topological polar surface area (TPSA) is 3.24 Å². The minimum atomic E-state index is 0. The molecule has 0 aliphatic heterocycles. The van der Waals surface area contributed by atoms with Crippen LogP contribution in [0.3, 0.4) is 0 Å². The number of unbranched alkanes of at least 4 members (excludes halogenated alkanes) is 15. The monoisotopic (exact) mass is 449 g/mol. The molecule has 0 radical (unpaired) electrons. The quantitative estimate of drug-likeness (QED) is 0.179. The van der Waals surface area contributed by atoms with E-state index in [1.54, 1.807) is 0 Å². The second-order valence-electron chi connectivity index (χ2n) is 9.44. The molecule has 0 N–H and O–H groups in total. The first kappa shape index (κ1) is 30.2. The summed E-state index contributed by atoms with van der Waals surface area (Å²) in [7, 11) is 4.41. The molecule has 0 aliphatic carbocycles. The fourth-order valence-electron chi connectivity index (χ4n) is 4.46. The fourth-order valence-corrected chi connectivity index (χ4v) is 4.46. The molecule has 180 valence electrons. The first-order valence-electron chi connectivity index (χ1n) is 13.1. The Morgan fingerprint density at radius 1 is 0.677 bits per heavy atom. The van der Waals surface area contributed by atoms with Gasteiger partial charge in [0.1, 0.15) is 0 Å². The zero-order valence-electron chi connectivity index (χ0n) is 21.0. The Morgan fingerprint density at radius 2 is 1.06 bits per heavy atom. The van der Waals surface area contributed by atoms with E-state index in [2.05, 4.69) is 56.8 Å². The molecular weight excluding hydrogens is 398 g/mol. The Hall–Kier alpha value is -0.790. The number of halogens is 1.